The summed E-state index contributed by atoms with van der Waals surface area (Å²) in [6.07, 6.45) is 0. The monoisotopic (exact) mass is 150 g/mol. The van der Waals surface area contributed by atoms with Gasteiger partial charge < -0.3 is 0 Å². The Morgan fingerprint density at radius 1 is 1.50 bits per heavy atom. The predicted octanol–water partition coefficient (Wildman–Crippen LogP) is 2.31. The fourth-order valence-electron chi connectivity index (χ4n) is 0.384. The first-order valence-corrected chi connectivity index (χ1v) is 4.74. The molecule has 0 saturated carbocycles. The van der Waals surface area contributed by atoms with Crippen molar-refractivity contribution in [2.24, 2.45) is 5.92 Å². The summed E-state index contributed by atoms with van der Waals surface area (Å²) < 4.78 is 0. The summed E-state index contributed by atoms with van der Waals surface area (Å²) in [5.74, 6) is 4.32. The Morgan fingerprint density at radius 3 is 2.50 bits per heavy atom. The van der Waals surface area contributed by atoms with E-state index in [1.165, 1.54) is 11.5 Å². The third-order valence-electron chi connectivity index (χ3n) is 0.687. The Bertz CT molecular complexity index is 43.8. The smallest absolute Gasteiger partial charge is 0.00211 e. The van der Waals surface area contributed by atoms with Crippen molar-refractivity contribution in [1.82, 2.24) is 0 Å². The van der Waals surface area contributed by atoms with Gasteiger partial charge >= 0.3 is 0 Å². The summed E-state index contributed by atoms with van der Waals surface area (Å²) in [6, 6.07) is 0. The molecule has 0 spiro atoms. The highest BCUT2D eigenvalue weighted by Crippen LogP contribution is 2.06. The molecule has 0 aliphatic carbocycles. The van der Waals surface area contributed by atoms with Gasteiger partial charge in [-0.25, -0.2) is 0 Å². The van der Waals surface area contributed by atoms with E-state index in [-0.39, 0.29) is 0 Å². The van der Waals surface area contributed by atoms with Crippen LogP contribution >= 0.6 is 24.4 Å². The minimum absolute atomic E-state index is 0.833. The molecule has 8 heavy (non-hydrogen) atoms. The van der Waals surface area contributed by atoms with Gasteiger partial charge in [0.05, 0.1) is 0 Å². The lowest BCUT2D eigenvalue weighted by molar-refractivity contribution is 0.750. The van der Waals surface area contributed by atoms with Crippen LogP contribution < -0.4 is 0 Å². The molecule has 0 aromatic heterocycles. The van der Waals surface area contributed by atoms with Crippen LogP contribution in [0.15, 0.2) is 0 Å². The summed E-state index contributed by atoms with van der Waals surface area (Å²) in [4.78, 5) is 0. The first-order chi connectivity index (χ1) is 3.77. The Balaban J connectivity index is 2.72. The van der Waals surface area contributed by atoms with Gasteiger partial charge in [-0.1, -0.05) is 13.8 Å². The van der Waals surface area contributed by atoms with Gasteiger partial charge in [-0.05, 0) is 17.4 Å². The van der Waals surface area contributed by atoms with Crippen LogP contribution in [0.3, 0.4) is 0 Å². The van der Waals surface area contributed by atoms with Crippen LogP contribution in [0.5, 0.6) is 0 Å². The van der Waals surface area contributed by atoms with Gasteiger partial charge in [0.2, 0.25) is 0 Å². The van der Waals surface area contributed by atoms with Crippen LogP contribution in [-0.2, 0) is 0 Å². The van der Waals surface area contributed by atoms with Crippen molar-refractivity contribution in [3.05, 3.63) is 0 Å². The van der Waals surface area contributed by atoms with Gasteiger partial charge in [0.1, 0.15) is 0 Å². The maximum Gasteiger partial charge on any atom is 0.00211 e. The number of thioether (sulfide) groups is 1. The molecule has 0 unspecified atom stereocenters. The molecule has 0 heterocycles. The molecule has 0 aromatic rings. The summed E-state index contributed by atoms with van der Waals surface area (Å²) in [5.41, 5.74) is 0. The predicted molar refractivity (Wildman–Crippen MR) is 46.0 cm³/mol. The van der Waals surface area contributed by atoms with Gasteiger partial charge in [0.25, 0.3) is 0 Å². The molecule has 0 nitrogen and oxygen atoms in total. The molecular formula is C6H14S2. The van der Waals surface area contributed by atoms with Gasteiger partial charge in [0, 0.05) is 5.75 Å². The number of hydrogen-bond acceptors (Lipinski definition) is 2. The van der Waals surface area contributed by atoms with E-state index in [4.69, 9.17) is 0 Å². The first kappa shape index (κ1) is 8.70. The van der Waals surface area contributed by atoms with Crippen LogP contribution in [-0.4, -0.2) is 17.3 Å². The normalized spacial score (nSPS) is 10.5. The molecule has 0 N–H and O–H groups in total. The van der Waals surface area contributed by atoms with Gasteiger partial charge in [0.15, 0.2) is 0 Å². The summed E-state index contributed by atoms with van der Waals surface area (Å²) in [7, 11) is 0. The Morgan fingerprint density at radius 2 is 2.12 bits per heavy atom. The highest BCUT2D eigenvalue weighted by Gasteiger charge is 1.90. The maximum atomic E-state index is 4.10. The summed E-state index contributed by atoms with van der Waals surface area (Å²) in [6.45, 7) is 4.48. The molecule has 0 rings (SSSR count). The lowest BCUT2D eigenvalue weighted by atomic mass is 10.3. The highest BCUT2D eigenvalue weighted by atomic mass is 32.2. The van der Waals surface area contributed by atoms with Crippen molar-refractivity contribution in [3.63, 3.8) is 0 Å². The lowest BCUT2D eigenvalue weighted by Crippen LogP contribution is -1.92. The van der Waals surface area contributed by atoms with E-state index in [2.05, 4.69) is 26.5 Å². The van der Waals surface area contributed by atoms with Crippen molar-refractivity contribution in [3.8, 4) is 0 Å². The molecular weight excluding hydrogens is 136 g/mol. The van der Waals surface area contributed by atoms with Crippen LogP contribution in [0.2, 0.25) is 0 Å². The first-order valence-electron chi connectivity index (χ1n) is 2.96. The van der Waals surface area contributed by atoms with Crippen molar-refractivity contribution >= 4 is 24.4 Å². The average molecular weight is 150 g/mol. The minimum Gasteiger partial charge on any atom is -0.179 e. The molecule has 0 fully saturated rings. The second-order valence-corrected chi connectivity index (χ2v) is 3.79. The van der Waals surface area contributed by atoms with Crippen molar-refractivity contribution in [2.45, 2.75) is 13.8 Å². The average Bonchev–Trinajstić information content (AvgIpc) is 1.66. The molecule has 0 amide bonds. The van der Waals surface area contributed by atoms with Crippen LogP contribution in [0.1, 0.15) is 13.8 Å². The van der Waals surface area contributed by atoms with Gasteiger partial charge in [-0.15, -0.1) is 0 Å². The number of hydrogen-bond donors (Lipinski definition) is 1. The van der Waals surface area contributed by atoms with E-state index in [1.54, 1.807) is 0 Å². The maximum absolute atomic E-state index is 4.10. The molecule has 50 valence electrons. The third kappa shape index (κ3) is 6.70. The van der Waals surface area contributed by atoms with Crippen molar-refractivity contribution < 1.29 is 0 Å². The topological polar surface area (TPSA) is 0 Å². The van der Waals surface area contributed by atoms with E-state index in [0.717, 1.165) is 11.7 Å². The Hall–Kier alpha value is 0.700. The van der Waals surface area contributed by atoms with Gasteiger partial charge in [-0.2, -0.15) is 24.4 Å². The molecule has 0 aromatic carbocycles. The zero-order chi connectivity index (χ0) is 6.41. The third-order valence-corrected chi connectivity index (χ3v) is 2.61. The molecule has 0 aliphatic rings. The number of rotatable bonds is 4. The van der Waals surface area contributed by atoms with Crippen molar-refractivity contribution in [2.75, 3.05) is 17.3 Å². The standard InChI is InChI=1S/C6H14S2/c1-6(2)5-8-4-3-7/h6-7H,3-5H2,1-2H3. The molecule has 0 saturated heterocycles. The SMILES string of the molecule is CC(C)CSCCS. The largest absolute Gasteiger partial charge is 0.179 e. The quantitative estimate of drug-likeness (QED) is 0.474. The molecule has 2 heteroatoms. The zero-order valence-electron chi connectivity index (χ0n) is 5.55. The number of thiol groups is 1. The summed E-state index contributed by atoms with van der Waals surface area (Å²) >= 11 is 6.09. The fraction of sp³-hybridized carbons (Fsp3) is 1.00. The zero-order valence-corrected chi connectivity index (χ0v) is 7.27. The molecule has 0 bridgehead atoms. The minimum atomic E-state index is 0.833. The summed E-state index contributed by atoms with van der Waals surface area (Å²) in [5, 5.41) is 0. The van der Waals surface area contributed by atoms with E-state index >= 15 is 0 Å². The van der Waals surface area contributed by atoms with E-state index < -0.39 is 0 Å². The van der Waals surface area contributed by atoms with Crippen LogP contribution in [0.25, 0.3) is 0 Å². The highest BCUT2D eigenvalue weighted by molar-refractivity contribution is 7.99. The Labute approximate surface area is 61.8 Å². The second kappa shape index (κ2) is 5.83. The van der Waals surface area contributed by atoms with E-state index in [1.807, 2.05) is 11.8 Å². The van der Waals surface area contributed by atoms with Crippen LogP contribution in [0, 0.1) is 5.92 Å². The van der Waals surface area contributed by atoms with E-state index in [0.29, 0.717) is 0 Å². The van der Waals surface area contributed by atoms with Gasteiger partial charge in [-0.3, -0.25) is 0 Å². The molecule has 0 atom stereocenters. The lowest BCUT2D eigenvalue weighted by Gasteiger charge is -2.00. The van der Waals surface area contributed by atoms with Crippen LogP contribution in [0.4, 0.5) is 0 Å². The molecule has 0 radical (unpaired) electrons. The van der Waals surface area contributed by atoms with E-state index in [9.17, 15) is 0 Å². The fourth-order valence-corrected chi connectivity index (χ4v) is 1.54. The molecule has 0 aliphatic heterocycles. The Kier molecular flexibility index (Phi) is 6.34. The second-order valence-electron chi connectivity index (χ2n) is 2.19. The van der Waals surface area contributed by atoms with Crippen molar-refractivity contribution in [1.29, 1.82) is 0 Å².